The molecule has 1 rings (SSSR count). The highest BCUT2D eigenvalue weighted by Crippen LogP contribution is 2.00. The van der Waals surface area contributed by atoms with E-state index >= 15 is 0 Å². The second-order valence-corrected chi connectivity index (χ2v) is 3.80. The lowest BCUT2D eigenvalue weighted by Gasteiger charge is -2.03. The van der Waals surface area contributed by atoms with Gasteiger partial charge < -0.3 is 5.11 Å². The second-order valence-electron chi connectivity index (χ2n) is 3.80. The average Bonchev–Trinajstić information content (AvgIpc) is 2.20. The van der Waals surface area contributed by atoms with E-state index < -0.39 is 5.97 Å². The molecule has 0 aliphatic heterocycles. The molecule has 0 aromatic carbocycles. The Kier molecular flexibility index (Phi) is 4.69. The fourth-order valence-electron chi connectivity index (χ4n) is 1.41. The topological polar surface area (TPSA) is 72.2 Å². The highest BCUT2D eigenvalue weighted by atomic mass is 16.4. The van der Waals surface area contributed by atoms with Crippen LogP contribution >= 0.6 is 0 Å². The van der Waals surface area contributed by atoms with Gasteiger partial charge in [0.15, 0.2) is 0 Å². The standard InChI is InChI=1S/C11H16N2O3/c1-9-7-10(14)13(12-8-9)6-4-2-3-5-11(15)16/h7-8H,2-6H2,1H3,(H,15,16). The highest BCUT2D eigenvalue weighted by molar-refractivity contribution is 5.66. The Hall–Kier alpha value is -1.65. The predicted molar refractivity (Wildman–Crippen MR) is 59.3 cm³/mol. The van der Waals surface area contributed by atoms with Crippen molar-refractivity contribution >= 4 is 5.97 Å². The number of hydrogen-bond acceptors (Lipinski definition) is 3. The molecule has 0 bridgehead atoms. The van der Waals surface area contributed by atoms with Gasteiger partial charge >= 0.3 is 5.97 Å². The van der Waals surface area contributed by atoms with Crippen LogP contribution in [0.4, 0.5) is 0 Å². The molecular formula is C11H16N2O3. The summed E-state index contributed by atoms with van der Waals surface area (Å²) >= 11 is 0. The summed E-state index contributed by atoms with van der Waals surface area (Å²) in [4.78, 5) is 21.7. The van der Waals surface area contributed by atoms with Crippen molar-refractivity contribution in [1.82, 2.24) is 9.78 Å². The lowest BCUT2D eigenvalue weighted by atomic mass is 10.2. The van der Waals surface area contributed by atoms with E-state index in [2.05, 4.69) is 5.10 Å². The van der Waals surface area contributed by atoms with Crippen molar-refractivity contribution in [3.05, 3.63) is 28.2 Å². The molecule has 0 saturated heterocycles. The summed E-state index contributed by atoms with van der Waals surface area (Å²) < 4.78 is 1.41. The Labute approximate surface area is 93.7 Å². The van der Waals surface area contributed by atoms with Gasteiger partial charge in [-0.2, -0.15) is 5.10 Å². The molecule has 0 unspecified atom stereocenters. The molecule has 5 nitrogen and oxygen atoms in total. The van der Waals surface area contributed by atoms with Gasteiger partial charge in [0.2, 0.25) is 0 Å². The molecule has 1 heterocycles. The third-order valence-electron chi connectivity index (χ3n) is 2.27. The number of nitrogens with zero attached hydrogens (tertiary/aromatic N) is 2. The number of carbonyl (C=O) groups is 1. The molecule has 1 aromatic rings. The van der Waals surface area contributed by atoms with E-state index in [0.29, 0.717) is 13.0 Å². The minimum absolute atomic E-state index is 0.0989. The fraction of sp³-hybridized carbons (Fsp3) is 0.545. The number of aromatic nitrogens is 2. The summed E-state index contributed by atoms with van der Waals surface area (Å²) in [7, 11) is 0. The van der Waals surface area contributed by atoms with Crippen molar-refractivity contribution in [3.8, 4) is 0 Å². The van der Waals surface area contributed by atoms with Gasteiger partial charge in [-0.25, -0.2) is 4.68 Å². The van der Waals surface area contributed by atoms with Gasteiger partial charge in [0.1, 0.15) is 0 Å². The van der Waals surface area contributed by atoms with E-state index in [0.717, 1.165) is 18.4 Å². The molecule has 0 radical (unpaired) electrons. The fourth-order valence-corrected chi connectivity index (χ4v) is 1.41. The first-order chi connectivity index (χ1) is 7.59. The van der Waals surface area contributed by atoms with Crippen molar-refractivity contribution < 1.29 is 9.90 Å². The smallest absolute Gasteiger partial charge is 0.303 e. The van der Waals surface area contributed by atoms with Crippen LogP contribution in [0.2, 0.25) is 0 Å². The molecule has 0 aliphatic carbocycles. The molecule has 0 saturated carbocycles. The molecule has 0 aliphatic rings. The van der Waals surface area contributed by atoms with Crippen molar-refractivity contribution in [3.63, 3.8) is 0 Å². The normalized spacial score (nSPS) is 10.3. The second kappa shape index (κ2) is 6.05. The Morgan fingerprint density at radius 2 is 2.19 bits per heavy atom. The molecule has 16 heavy (non-hydrogen) atoms. The Bertz CT molecular complexity index is 412. The van der Waals surface area contributed by atoms with E-state index in [-0.39, 0.29) is 12.0 Å². The Balaban J connectivity index is 2.32. The van der Waals surface area contributed by atoms with Crippen molar-refractivity contribution in [1.29, 1.82) is 0 Å². The number of unbranched alkanes of at least 4 members (excludes halogenated alkanes) is 2. The molecule has 1 N–H and O–H groups in total. The van der Waals surface area contributed by atoms with Crippen LogP contribution in [-0.2, 0) is 11.3 Å². The number of carboxylic acid groups (broad SMARTS) is 1. The number of carboxylic acids is 1. The number of aliphatic carboxylic acids is 1. The lowest BCUT2D eigenvalue weighted by molar-refractivity contribution is -0.137. The van der Waals surface area contributed by atoms with Crippen molar-refractivity contribution in [2.75, 3.05) is 0 Å². The summed E-state index contributed by atoms with van der Waals surface area (Å²) in [6.07, 6.45) is 4.07. The Morgan fingerprint density at radius 3 is 2.81 bits per heavy atom. The maximum atomic E-state index is 11.4. The Morgan fingerprint density at radius 1 is 1.44 bits per heavy atom. The van der Waals surface area contributed by atoms with Crippen LogP contribution in [0.1, 0.15) is 31.2 Å². The third-order valence-corrected chi connectivity index (χ3v) is 2.27. The first-order valence-corrected chi connectivity index (χ1v) is 5.35. The minimum atomic E-state index is -0.773. The van der Waals surface area contributed by atoms with E-state index in [1.807, 2.05) is 6.92 Å². The molecule has 0 atom stereocenters. The zero-order valence-corrected chi connectivity index (χ0v) is 9.35. The number of aryl methyl sites for hydroxylation is 2. The van der Waals surface area contributed by atoms with Gasteiger partial charge in [-0.3, -0.25) is 9.59 Å². The zero-order valence-electron chi connectivity index (χ0n) is 9.35. The first kappa shape index (κ1) is 12.4. The number of rotatable bonds is 6. The molecule has 5 heteroatoms. The summed E-state index contributed by atoms with van der Waals surface area (Å²) in [5.74, 6) is -0.773. The van der Waals surface area contributed by atoms with Crippen molar-refractivity contribution in [2.45, 2.75) is 39.2 Å². The van der Waals surface area contributed by atoms with Crippen LogP contribution in [0.25, 0.3) is 0 Å². The minimum Gasteiger partial charge on any atom is -0.481 e. The van der Waals surface area contributed by atoms with E-state index in [9.17, 15) is 9.59 Å². The summed E-state index contributed by atoms with van der Waals surface area (Å²) in [5, 5.41) is 12.4. The molecule has 0 spiro atoms. The summed E-state index contributed by atoms with van der Waals surface area (Å²) in [5.41, 5.74) is 0.755. The first-order valence-electron chi connectivity index (χ1n) is 5.35. The van der Waals surface area contributed by atoms with Crippen LogP contribution in [0, 0.1) is 6.92 Å². The van der Waals surface area contributed by atoms with Gasteiger partial charge in [-0.05, 0) is 25.3 Å². The zero-order chi connectivity index (χ0) is 12.0. The van der Waals surface area contributed by atoms with Gasteiger partial charge in [-0.15, -0.1) is 0 Å². The monoisotopic (exact) mass is 224 g/mol. The van der Waals surface area contributed by atoms with E-state index in [1.165, 1.54) is 4.68 Å². The van der Waals surface area contributed by atoms with Gasteiger partial charge in [0, 0.05) is 19.0 Å². The van der Waals surface area contributed by atoms with Crippen molar-refractivity contribution in [2.24, 2.45) is 0 Å². The van der Waals surface area contributed by atoms with Gasteiger partial charge in [0.05, 0.1) is 6.20 Å². The van der Waals surface area contributed by atoms with Crippen LogP contribution < -0.4 is 5.56 Å². The largest absolute Gasteiger partial charge is 0.481 e. The molecule has 0 amide bonds. The van der Waals surface area contributed by atoms with Crippen LogP contribution in [0.3, 0.4) is 0 Å². The quantitative estimate of drug-likeness (QED) is 0.737. The molecule has 1 aromatic heterocycles. The lowest BCUT2D eigenvalue weighted by Crippen LogP contribution is -2.22. The maximum absolute atomic E-state index is 11.4. The van der Waals surface area contributed by atoms with Crippen LogP contribution in [0.5, 0.6) is 0 Å². The van der Waals surface area contributed by atoms with E-state index in [4.69, 9.17) is 5.11 Å². The average molecular weight is 224 g/mol. The van der Waals surface area contributed by atoms with Crippen LogP contribution in [0.15, 0.2) is 17.1 Å². The maximum Gasteiger partial charge on any atom is 0.303 e. The summed E-state index contributed by atoms with van der Waals surface area (Å²) in [6, 6.07) is 1.55. The summed E-state index contributed by atoms with van der Waals surface area (Å²) in [6.45, 7) is 2.38. The van der Waals surface area contributed by atoms with E-state index in [1.54, 1.807) is 12.3 Å². The van der Waals surface area contributed by atoms with Gasteiger partial charge in [0.25, 0.3) is 5.56 Å². The predicted octanol–water partition coefficient (Wildman–Crippen LogP) is 1.20. The van der Waals surface area contributed by atoms with Crippen LogP contribution in [-0.4, -0.2) is 20.9 Å². The number of hydrogen-bond donors (Lipinski definition) is 1. The van der Waals surface area contributed by atoms with Gasteiger partial charge in [-0.1, -0.05) is 6.42 Å². The SMILES string of the molecule is Cc1cnn(CCCCCC(=O)O)c(=O)c1. The molecular weight excluding hydrogens is 208 g/mol. The third kappa shape index (κ3) is 4.25. The molecule has 0 fully saturated rings. The molecule has 88 valence electrons. The highest BCUT2D eigenvalue weighted by Gasteiger charge is 1.99.